The summed E-state index contributed by atoms with van der Waals surface area (Å²) in [6.45, 7) is 1.27. The fourth-order valence-corrected chi connectivity index (χ4v) is 4.13. The minimum Gasteiger partial charge on any atom is -0.382 e. The van der Waals surface area contributed by atoms with E-state index in [1.54, 1.807) is 19.6 Å². The van der Waals surface area contributed by atoms with Crippen LogP contribution in [0.25, 0.3) is 16.6 Å². The van der Waals surface area contributed by atoms with Gasteiger partial charge in [-0.15, -0.1) is 0 Å². The van der Waals surface area contributed by atoms with E-state index < -0.39 is 5.91 Å². The second kappa shape index (κ2) is 8.16. The van der Waals surface area contributed by atoms with Crippen molar-refractivity contribution in [3.8, 4) is 5.69 Å². The summed E-state index contributed by atoms with van der Waals surface area (Å²) < 4.78 is 15.0. The van der Waals surface area contributed by atoms with Gasteiger partial charge in [0.15, 0.2) is 0 Å². The van der Waals surface area contributed by atoms with Crippen molar-refractivity contribution in [1.29, 1.82) is 0 Å². The number of nitrogens with two attached hydrogens (primary N) is 1. The Labute approximate surface area is 164 Å². The highest BCUT2D eigenvalue weighted by Crippen LogP contribution is 2.35. The number of rotatable bonds is 7. The number of imidazole rings is 1. The van der Waals surface area contributed by atoms with Gasteiger partial charge >= 0.3 is 0 Å². The molecular weight excluding hydrogens is 356 g/mol. The lowest BCUT2D eigenvalue weighted by atomic mass is 9.92. The van der Waals surface area contributed by atoms with Crippen molar-refractivity contribution >= 4 is 16.8 Å². The third-order valence-electron chi connectivity index (χ3n) is 5.54. The molecule has 1 amide bonds. The molecule has 1 aromatic carbocycles. The number of benzene rings is 1. The monoisotopic (exact) mass is 382 g/mol. The minimum absolute atomic E-state index is 0.289. The van der Waals surface area contributed by atoms with Crippen LogP contribution in [0.3, 0.4) is 0 Å². The number of fused-ring (bicyclic) bond motifs is 1. The highest BCUT2D eigenvalue weighted by Gasteiger charge is 2.25. The predicted molar refractivity (Wildman–Crippen MR) is 107 cm³/mol. The molecule has 0 spiro atoms. The van der Waals surface area contributed by atoms with Crippen LogP contribution in [-0.2, 0) is 9.47 Å². The molecule has 0 bridgehead atoms. The Morgan fingerprint density at radius 3 is 2.71 bits per heavy atom. The number of nitrogens with zero attached hydrogens (tertiary/aromatic N) is 3. The molecule has 7 nitrogen and oxygen atoms in total. The average molecular weight is 382 g/mol. The molecule has 0 atom stereocenters. The molecule has 7 heteroatoms. The van der Waals surface area contributed by atoms with E-state index in [2.05, 4.69) is 27.9 Å². The number of hydrogen-bond donors (Lipinski definition) is 1. The zero-order valence-electron chi connectivity index (χ0n) is 16.1. The molecule has 1 aliphatic rings. The van der Waals surface area contributed by atoms with Crippen LogP contribution in [0.1, 0.15) is 42.1 Å². The third-order valence-corrected chi connectivity index (χ3v) is 5.54. The molecule has 0 unspecified atom stereocenters. The van der Waals surface area contributed by atoms with Crippen LogP contribution in [-0.4, -0.2) is 46.5 Å². The maximum absolute atomic E-state index is 12.2. The van der Waals surface area contributed by atoms with Crippen LogP contribution in [0.4, 0.5) is 0 Å². The highest BCUT2D eigenvalue weighted by molar-refractivity contribution is 6.06. The van der Waals surface area contributed by atoms with Gasteiger partial charge in [-0.05, 0) is 43.9 Å². The lowest BCUT2D eigenvalue weighted by Crippen LogP contribution is -2.25. The first kappa shape index (κ1) is 18.7. The van der Waals surface area contributed by atoms with Crippen molar-refractivity contribution in [3.05, 3.63) is 48.7 Å². The predicted octanol–water partition coefficient (Wildman–Crippen LogP) is 3.07. The highest BCUT2D eigenvalue weighted by atomic mass is 16.5. The number of aromatic nitrogens is 3. The van der Waals surface area contributed by atoms with Gasteiger partial charge < -0.3 is 24.3 Å². The Kier molecular flexibility index (Phi) is 5.45. The van der Waals surface area contributed by atoms with Crippen molar-refractivity contribution in [2.45, 2.75) is 37.8 Å². The smallest absolute Gasteiger partial charge is 0.250 e. The Bertz CT molecular complexity index is 940. The van der Waals surface area contributed by atoms with E-state index in [4.69, 9.17) is 15.2 Å². The fraction of sp³-hybridized carbons (Fsp3) is 0.429. The van der Waals surface area contributed by atoms with Crippen LogP contribution >= 0.6 is 0 Å². The SMILES string of the molecule is COCCOC1CCC(n2ccc3cc(-n4ccnc4)cc(C(N)=O)c32)CC1. The van der Waals surface area contributed by atoms with Gasteiger partial charge in [-0.1, -0.05) is 0 Å². The van der Waals surface area contributed by atoms with E-state index in [1.807, 2.05) is 16.8 Å². The van der Waals surface area contributed by atoms with E-state index in [1.165, 1.54) is 0 Å². The first-order valence-electron chi connectivity index (χ1n) is 9.70. The molecule has 2 aromatic heterocycles. The number of carbonyl (C=O) groups excluding carboxylic acids is 1. The Morgan fingerprint density at radius 2 is 2.04 bits per heavy atom. The Balaban J connectivity index is 1.60. The van der Waals surface area contributed by atoms with Gasteiger partial charge in [0.25, 0.3) is 5.91 Å². The first-order chi connectivity index (χ1) is 13.7. The fourth-order valence-electron chi connectivity index (χ4n) is 4.13. The molecule has 3 aromatic rings. The standard InChI is InChI=1S/C21H26N4O3/c1-27-10-11-28-18-4-2-16(3-5-18)25-8-6-15-12-17(24-9-7-23-14-24)13-19(20(15)25)21(22)26/h6-9,12-14,16,18H,2-5,10-11H2,1H3,(H2,22,26). The molecule has 0 aliphatic heterocycles. The second-order valence-corrected chi connectivity index (χ2v) is 7.28. The van der Waals surface area contributed by atoms with E-state index in [-0.39, 0.29) is 6.10 Å². The molecule has 2 heterocycles. The van der Waals surface area contributed by atoms with Gasteiger partial charge in [-0.25, -0.2) is 4.98 Å². The summed E-state index contributed by atoms with van der Waals surface area (Å²) in [6, 6.07) is 6.32. The average Bonchev–Trinajstić information content (AvgIpc) is 3.38. The third kappa shape index (κ3) is 3.68. The van der Waals surface area contributed by atoms with Crippen molar-refractivity contribution in [2.75, 3.05) is 20.3 Å². The van der Waals surface area contributed by atoms with E-state index in [0.29, 0.717) is 24.8 Å². The number of hydrogen-bond acceptors (Lipinski definition) is 4. The van der Waals surface area contributed by atoms with Crippen molar-refractivity contribution in [3.63, 3.8) is 0 Å². The van der Waals surface area contributed by atoms with E-state index in [0.717, 1.165) is 42.3 Å². The molecule has 148 valence electrons. The Morgan fingerprint density at radius 1 is 1.21 bits per heavy atom. The van der Waals surface area contributed by atoms with Crippen molar-refractivity contribution in [1.82, 2.24) is 14.1 Å². The molecule has 1 aliphatic carbocycles. The normalized spacial score (nSPS) is 19.9. The molecule has 28 heavy (non-hydrogen) atoms. The molecule has 4 rings (SSSR count). The summed E-state index contributed by atoms with van der Waals surface area (Å²) in [6.07, 6.45) is 11.7. The molecule has 0 saturated heterocycles. The number of amides is 1. The zero-order valence-corrected chi connectivity index (χ0v) is 16.1. The van der Waals surface area contributed by atoms with Crippen LogP contribution in [0.5, 0.6) is 0 Å². The summed E-state index contributed by atoms with van der Waals surface area (Å²) in [5.74, 6) is -0.413. The van der Waals surface area contributed by atoms with Crippen molar-refractivity contribution < 1.29 is 14.3 Å². The summed E-state index contributed by atoms with van der Waals surface area (Å²) in [7, 11) is 1.69. The molecule has 1 saturated carbocycles. The van der Waals surface area contributed by atoms with E-state index >= 15 is 0 Å². The summed E-state index contributed by atoms with van der Waals surface area (Å²) >= 11 is 0. The minimum atomic E-state index is -0.413. The van der Waals surface area contributed by atoms with E-state index in [9.17, 15) is 4.79 Å². The second-order valence-electron chi connectivity index (χ2n) is 7.28. The van der Waals surface area contributed by atoms with Crippen LogP contribution in [0, 0.1) is 0 Å². The largest absolute Gasteiger partial charge is 0.382 e. The first-order valence-corrected chi connectivity index (χ1v) is 9.70. The van der Waals surface area contributed by atoms with Gasteiger partial charge in [-0.2, -0.15) is 0 Å². The zero-order chi connectivity index (χ0) is 19.5. The summed E-state index contributed by atoms with van der Waals surface area (Å²) in [5, 5.41) is 1.01. The topological polar surface area (TPSA) is 84.3 Å². The molecule has 2 N–H and O–H groups in total. The van der Waals surface area contributed by atoms with Gasteiger partial charge in [0, 0.05) is 42.8 Å². The van der Waals surface area contributed by atoms with Crippen LogP contribution in [0.15, 0.2) is 43.1 Å². The van der Waals surface area contributed by atoms with Gasteiger partial charge in [0.05, 0.1) is 36.7 Å². The molecular formula is C21H26N4O3. The summed E-state index contributed by atoms with van der Waals surface area (Å²) in [4.78, 5) is 16.3. The van der Waals surface area contributed by atoms with Crippen LogP contribution < -0.4 is 5.73 Å². The van der Waals surface area contributed by atoms with Gasteiger partial charge in [0.2, 0.25) is 0 Å². The van der Waals surface area contributed by atoms with Crippen molar-refractivity contribution in [2.24, 2.45) is 5.73 Å². The lowest BCUT2D eigenvalue weighted by Gasteiger charge is -2.30. The maximum atomic E-state index is 12.2. The summed E-state index contributed by atoms with van der Waals surface area (Å²) in [5.41, 5.74) is 8.08. The molecule has 0 radical (unpaired) electrons. The number of ether oxygens (including phenoxy) is 2. The lowest BCUT2D eigenvalue weighted by molar-refractivity contribution is -0.00619. The Hall–Kier alpha value is -2.64. The van der Waals surface area contributed by atoms with Gasteiger partial charge in [-0.3, -0.25) is 4.79 Å². The quantitative estimate of drug-likeness (QED) is 0.637. The number of carbonyl (C=O) groups is 1. The van der Waals surface area contributed by atoms with Crippen LogP contribution in [0.2, 0.25) is 0 Å². The number of methoxy groups -OCH3 is 1. The van der Waals surface area contributed by atoms with Gasteiger partial charge in [0.1, 0.15) is 0 Å². The maximum Gasteiger partial charge on any atom is 0.250 e. The molecule has 1 fully saturated rings. The number of primary amides is 1.